The first-order valence-electron chi connectivity index (χ1n) is 5.13. The summed E-state index contributed by atoms with van der Waals surface area (Å²) in [5.41, 5.74) is 0. The molecule has 1 aliphatic carbocycles. The van der Waals surface area contributed by atoms with Crippen molar-refractivity contribution in [3.8, 4) is 5.88 Å². The van der Waals surface area contributed by atoms with Crippen molar-refractivity contribution in [2.75, 3.05) is 0 Å². The number of pyridine rings is 1. The molecule has 0 radical (unpaired) electrons. The van der Waals surface area contributed by atoms with Crippen molar-refractivity contribution in [1.82, 2.24) is 4.98 Å². The fourth-order valence-electron chi connectivity index (χ4n) is 1.79. The number of aromatic nitrogens is 1. The van der Waals surface area contributed by atoms with Crippen LogP contribution in [0.25, 0.3) is 0 Å². The fourth-order valence-corrected chi connectivity index (χ4v) is 1.90. The molecule has 3 heteroatoms. The predicted molar refractivity (Wildman–Crippen MR) is 56.7 cm³/mol. The highest BCUT2D eigenvalue weighted by atomic mass is 35.5. The van der Waals surface area contributed by atoms with Crippen molar-refractivity contribution in [2.24, 2.45) is 0 Å². The second kappa shape index (κ2) is 4.65. The molecule has 1 heterocycles. The number of nitrogens with zero attached hydrogens (tertiary/aromatic N) is 1. The summed E-state index contributed by atoms with van der Waals surface area (Å²) in [5, 5.41) is 0.654. The third-order valence-electron chi connectivity index (χ3n) is 2.54. The number of halogens is 1. The van der Waals surface area contributed by atoms with Gasteiger partial charge in [0.2, 0.25) is 5.88 Å². The Kier molecular flexibility index (Phi) is 3.25. The van der Waals surface area contributed by atoms with Crippen LogP contribution in [0.15, 0.2) is 18.3 Å². The van der Waals surface area contributed by atoms with E-state index in [-0.39, 0.29) is 0 Å². The van der Waals surface area contributed by atoms with E-state index in [4.69, 9.17) is 16.3 Å². The SMILES string of the molecule is Clc1ccc(OC2CCCCC2)nc1. The zero-order valence-corrected chi connectivity index (χ0v) is 8.83. The van der Waals surface area contributed by atoms with Crippen molar-refractivity contribution in [1.29, 1.82) is 0 Å². The van der Waals surface area contributed by atoms with Crippen LogP contribution in [0, 0.1) is 0 Å². The first-order chi connectivity index (χ1) is 6.84. The zero-order valence-electron chi connectivity index (χ0n) is 8.08. The van der Waals surface area contributed by atoms with Crippen LogP contribution < -0.4 is 4.74 Å². The molecule has 76 valence electrons. The minimum Gasteiger partial charge on any atom is -0.474 e. The maximum absolute atomic E-state index is 5.74. The normalized spacial score (nSPS) is 18.1. The van der Waals surface area contributed by atoms with Gasteiger partial charge >= 0.3 is 0 Å². The third kappa shape index (κ3) is 2.61. The van der Waals surface area contributed by atoms with Crippen LogP contribution in [-0.4, -0.2) is 11.1 Å². The van der Waals surface area contributed by atoms with Gasteiger partial charge in [-0.1, -0.05) is 18.0 Å². The lowest BCUT2D eigenvalue weighted by Gasteiger charge is -2.22. The Hall–Kier alpha value is -0.760. The van der Waals surface area contributed by atoms with E-state index in [2.05, 4.69) is 4.98 Å². The molecule has 0 saturated heterocycles. The summed E-state index contributed by atoms with van der Waals surface area (Å²) in [5.74, 6) is 0.696. The van der Waals surface area contributed by atoms with Gasteiger partial charge in [-0.15, -0.1) is 0 Å². The van der Waals surface area contributed by atoms with Crippen LogP contribution in [0.4, 0.5) is 0 Å². The molecule has 1 aromatic heterocycles. The number of hydrogen-bond donors (Lipinski definition) is 0. The monoisotopic (exact) mass is 211 g/mol. The number of hydrogen-bond acceptors (Lipinski definition) is 2. The Labute approximate surface area is 89.3 Å². The summed E-state index contributed by atoms with van der Waals surface area (Å²) in [6.45, 7) is 0. The molecule has 14 heavy (non-hydrogen) atoms. The molecule has 1 fully saturated rings. The molecule has 0 bridgehead atoms. The van der Waals surface area contributed by atoms with Gasteiger partial charge in [0.05, 0.1) is 5.02 Å². The van der Waals surface area contributed by atoms with Crippen LogP contribution in [0.5, 0.6) is 5.88 Å². The van der Waals surface area contributed by atoms with Crippen molar-refractivity contribution in [2.45, 2.75) is 38.2 Å². The van der Waals surface area contributed by atoms with Crippen molar-refractivity contribution in [3.63, 3.8) is 0 Å². The summed E-state index contributed by atoms with van der Waals surface area (Å²) >= 11 is 5.74. The highest BCUT2D eigenvalue weighted by Crippen LogP contribution is 2.22. The van der Waals surface area contributed by atoms with Gasteiger partial charge in [-0.2, -0.15) is 0 Å². The minimum absolute atomic E-state index is 0.359. The quantitative estimate of drug-likeness (QED) is 0.748. The van der Waals surface area contributed by atoms with Crippen molar-refractivity contribution >= 4 is 11.6 Å². The highest BCUT2D eigenvalue weighted by Gasteiger charge is 2.14. The molecule has 0 amide bonds. The first-order valence-corrected chi connectivity index (χ1v) is 5.50. The van der Waals surface area contributed by atoms with Gasteiger partial charge in [-0.05, 0) is 31.7 Å². The van der Waals surface area contributed by atoms with Gasteiger partial charge in [0, 0.05) is 12.3 Å². The van der Waals surface area contributed by atoms with Gasteiger partial charge in [-0.3, -0.25) is 0 Å². The van der Waals surface area contributed by atoms with Gasteiger partial charge in [0.25, 0.3) is 0 Å². The molecule has 0 N–H and O–H groups in total. The highest BCUT2D eigenvalue weighted by molar-refractivity contribution is 6.30. The molecule has 0 aromatic carbocycles. The Bertz CT molecular complexity index is 280. The lowest BCUT2D eigenvalue weighted by Crippen LogP contribution is -2.19. The molecule has 0 atom stereocenters. The van der Waals surface area contributed by atoms with Gasteiger partial charge in [0.1, 0.15) is 6.10 Å². The summed E-state index contributed by atoms with van der Waals surface area (Å²) in [6, 6.07) is 3.64. The Morgan fingerprint density at radius 2 is 2.00 bits per heavy atom. The molecule has 1 aromatic rings. The summed E-state index contributed by atoms with van der Waals surface area (Å²) in [6.07, 6.45) is 8.19. The Morgan fingerprint density at radius 3 is 2.64 bits per heavy atom. The summed E-state index contributed by atoms with van der Waals surface area (Å²) in [7, 11) is 0. The molecule has 0 aliphatic heterocycles. The smallest absolute Gasteiger partial charge is 0.213 e. The molecule has 1 aliphatic rings. The maximum Gasteiger partial charge on any atom is 0.213 e. The van der Waals surface area contributed by atoms with Gasteiger partial charge < -0.3 is 4.74 Å². The lowest BCUT2D eigenvalue weighted by atomic mass is 9.98. The van der Waals surface area contributed by atoms with Crippen LogP contribution in [0.2, 0.25) is 5.02 Å². The second-order valence-corrected chi connectivity index (χ2v) is 4.13. The summed E-state index contributed by atoms with van der Waals surface area (Å²) in [4.78, 5) is 4.12. The van der Waals surface area contributed by atoms with Crippen LogP contribution >= 0.6 is 11.6 Å². The van der Waals surface area contributed by atoms with E-state index in [1.807, 2.05) is 12.1 Å². The fraction of sp³-hybridized carbons (Fsp3) is 0.545. The van der Waals surface area contributed by atoms with Crippen LogP contribution in [0.1, 0.15) is 32.1 Å². The van der Waals surface area contributed by atoms with E-state index in [1.165, 1.54) is 19.3 Å². The molecular weight excluding hydrogens is 198 g/mol. The third-order valence-corrected chi connectivity index (χ3v) is 2.76. The Morgan fingerprint density at radius 1 is 1.21 bits per heavy atom. The molecule has 2 rings (SSSR count). The van der Waals surface area contributed by atoms with Crippen LogP contribution in [-0.2, 0) is 0 Å². The average Bonchev–Trinajstić information content (AvgIpc) is 2.23. The van der Waals surface area contributed by atoms with Crippen LogP contribution in [0.3, 0.4) is 0 Å². The van der Waals surface area contributed by atoms with E-state index in [0.717, 1.165) is 12.8 Å². The topological polar surface area (TPSA) is 22.1 Å². The molecule has 0 unspecified atom stereocenters. The van der Waals surface area contributed by atoms with Gasteiger partial charge in [-0.25, -0.2) is 4.98 Å². The van der Waals surface area contributed by atoms with E-state index < -0.39 is 0 Å². The first kappa shape index (κ1) is 9.78. The minimum atomic E-state index is 0.359. The average molecular weight is 212 g/mol. The number of ether oxygens (including phenoxy) is 1. The lowest BCUT2D eigenvalue weighted by molar-refractivity contribution is 0.148. The molecule has 1 saturated carbocycles. The van der Waals surface area contributed by atoms with Crippen molar-refractivity contribution < 1.29 is 4.74 Å². The summed E-state index contributed by atoms with van der Waals surface area (Å²) < 4.78 is 5.74. The molecule has 0 spiro atoms. The van der Waals surface area contributed by atoms with E-state index in [9.17, 15) is 0 Å². The number of rotatable bonds is 2. The van der Waals surface area contributed by atoms with Crippen molar-refractivity contribution in [3.05, 3.63) is 23.4 Å². The Balaban J connectivity index is 1.92. The molecular formula is C11H14ClNO. The largest absolute Gasteiger partial charge is 0.474 e. The second-order valence-electron chi connectivity index (χ2n) is 3.69. The maximum atomic E-state index is 5.74. The standard InChI is InChI=1S/C11H14ClNO/c12-9-6-7-11(13-8-9)14-10-4-2-1-3-5-10/h6-8,10H,1-5H2. The molecule has 2 nitrogen and oxygen atoms in total. The van der Waals surface area contributed by atoms with E-state index >= 15 is 0 Å². The van der Waals surface area contributed by atoms with Gasteiger partial charge in [0.15, 0.2) is 0 Å². The predicted octanol–water partition coefficient (Wildman–Crippen LogP) is 3.45. The zero-order chi connectivity index (χ0) is 9.80. The van der Waals surface area contributed by atoms with E-state index in [1.54, 1.807) is 6.20 Å². The van der Waals surface area contributed by atoms with E-state index in [0.29, 0.717) is 17.0 Å².